The molecule has 0 radical (unpaired) electrons. The molecule has 4 heterocycles. The lowest BCUT2D eigenvalue weighted by molar-refractivity contribution is 0.180. The Morgan fingerprint density at radius 2 is 1.77 bits per heavy atom. The second kappa shape index (κ2) is 9.21. The molecule has 35 heavy (non-hydrogen) atoms. The maximum atomic E-state index is 13.3. The van der Waals surface area contributed by atoms with Gasteiger partial charge in [-0.05, 0) is 60.4 Å². The molecular weight excluding hydrogens is 502 g/mol. The summed E-state index contributed by atoms with van der Waals surface area (Å²) in [6.45, 7) is 2.53. The third-order valence-corrected chi connectivity index (χ3v) is 10.5. The van der Waals surface area contributed by atoms with Gasteiger partial charge in [-0.25, -0.2) is 13.4 Å². The Morgan fingerprint density at radius 3 is 2.54 bits per heavy atom. The third-order valence-electron chi connectivity index (χ3n) is 6.70. The van der Waals surface area contributed by atoms with E-state index in [-0.39, 0.29) is 5.56 Å². The Kier molecular flexibility index (Phi) is 6.05. The first-order valence-electron chi connectivity index (χ1n) is 11.8. The Bertz CT molecular complexity index is 1530. The number of aryl methyl sites for hydroxylation is 2. The van der Waals surface area contributed by atoms with Gasteiger partial charge in [-0.2, -0.15) is 13.9 Å². The molecule has 1 aliphatic carbocycles. The van der Waals surface area contributed by atoms with Gasteiger partial charge in [0.05, 0.1) is 15.5 Å². The molecule has 11 heteroatoms. The number of nitrogens with zero attached hydrogens (tertiary/aromatic N) is 5. The molecule has 0 saturated carbocycles. The van der Waals surface area contributed by atoms with E-state index in [4.69, 9.17) is 0 Å². The van der Waals surface area contributed by atoms with Crippen LogP contribution in [0.1, 0.15) is 29.7 Å². The number of thiophene rings is 1. The van der Waals surface area contributed by atoms with Gasteiger partial charge in [0.25, 0.3) is 5.56 Å². The molecule has 2 aliphatic rings. The van der Waals surface area contributed by atoms with Crippen molar-refractivity contribution in [1.82, 2.24) is 23.8 Å². The van der Waals surface area contributed by atoms with Gasteiger partial charge in [-0.3, -0.25) is 9.69 Å². The third kappa shape index (κ3) is 4.47. The predicted molar refractivity (Wildman–Crippen MR) is 138 cm³/mol. The topological polar surface area (TPSA) is 87.9 Å². The largest absolute Gasteiger partial charge is 0.295 e. The molecule has 0 N–H and O–H groups in total. The van der Waals surface area contributed by atoms with Crippen molar-refractivity contribution in [3.05, 3.63) is 69.0 Å². The monoisotopic (exact) mass is 527 g/mol. The van der Waals surface area contributed by atoms with Crippen molar-refractivity contribution in [1.29, 1.82) is 0 Å². The van der Waals surface area contributed by atoms with E-state index >= 15 is 0 Å². The molecule has 0 amide bonds. The van der Waals surface area contributed by atoms with Crippen LogP contribution in [0.2, 0.25) is 0 Å². The molecule has 3 aromatic heterocycles. The van der Waals surface area contributed by atoms with Gasteiger partial charge in [0.2, 0.25) is 15.0 Å². The molecule has 1 saturated heterocycles. The SMILES string of the molecule is O=c1cc(CN2CCN(S(=O)(=O)c3ccc4c(c3)CCCC4)CC2)nc2sc(-c3cccs3)nn12. The van der Waals surface area contributed by atoms with Crippen molar-refractivity contribution in [2.24, 2.45) is 0 Å². The molecule has 182 valence electrons. The van der Waals surface area contributed by atoms with Crippen LogP contribution in [0.25, 0.3) is 14.8 Å². The number of fused-ring (bicyclic) bond motifs is 2. The molecule has 8 nitrogen and oxygen atoms in total. The van der Waals surface area contributed by atoms with E-state index < -0.39 is 10.0 Å². The van der Waals surface area contributed by atoms with Gasteiger partial charge in [-0.15, -0.1) is 11.3 Å². The first-order valence-corrected chi connectivity index (χ1v) is 14.9. The summed E-state index contributed by atoms with van der Waals surface area (Å²) in [5.74, 6) is 0. The minimum atomic E-state index is -3.51. The van der Waals surface area contributed by atoms with Gasteiger partial charge in [0.1, 0.15) is 0 Å². The fourth-order valence-electron chi connectivity index (χ4n) is 4.81. The van der Waals surface area contributed by atoms with E-state index in [9.17, 15) is 13.2 Å². The summed E-state index contributed by atoms with van der Waals surface area (Å²) in [4.78, 5) is 21.4. The number of benzene rings is 1. The summed E-state index contributed by atoms with van der Waals surface area (Å²) in [6.07, 6.45) is 4.29. The first kappa shape index (κ1) is 23.0. The van der Waals surface area contributed by atoms with E-state index in [1.807, 2.05) is 29.6 Å². The summed E-state index contributed by atoms with van der Waals surface area (Å²) in [5.41, 5.74) is 2.94. The molecule has 1 fully saturated rings. The normalized spacial score (nSPS) is 17.6. The van der Waals surface area contributed by atoms with Crippen LogP contribution in [0.4, 0.5) is 0 Å². The summed E-state index contributed by atoms with van der Waals surface area (Å²) in [6, 6.07) is 11.1. The fraction of sp³-hybridized carbons (Fsp3) is 0.375. The maximum Gasteiger partial charge on any atom is 0.275 e. The lowest BCUT2D eigenvalue weighted by Gasteiger charge is -2.33. The highest BCUT2D eigenvalue weighted by Gasteiger charge is 2.29. The van der Waals surface area contributed by atoms with Crippen LogP contribution in [0, 0.1) is 0 Å². The van der Waals surface area contributed by atoms with Crippen molar-refractivity contribution in [3.63, 3.8) is 0 Å². The smallest absolute Gasteiger partial charge is 0.275 e. The Hall–Kier alpha value is -2.44. The minimum absolute atomic E-state index is 0.197. The highest BCUT2D eigenvalue weighted by atomic mass is 32.2. The van der Waals surface area contributed by atoms with Gasteiger partial charge in [-0.1, -0.05) is 23.5 Å². The van der Waals surface area contributed by atoms with E-state index in [0.29, 0.717) is 48.3 Å². The van der Waals surface area contributed by atoms with Crippen LogP contribution < -0.4 is 5.56 Å². The second-order valence-electron chi connectivity index (χ2n) is 8.98. The zero-order valence-electron chi connectivity index (χ0n) is 19.1. The Labute approximate surface area is 211 Å². The van der Waals surface area contributed by atoms with Crippen LogP contribution in [0.3, 0.4) is 0 Å². The molecule has 0 spiro atoms. The molecule has 0 bridgehead atoms. The molecule has 1 aliphatic heterocycles. The van der Waals surface area contributed by atoms with Crippen LogP contribution in [-0.2, 0) is 29.4 Å². The maximum absolute atomic E-state index is 13.3. The van der Waals surface area contributed by atoms with E-state index in [1.165, 1.54) is 39.5 Å². The minimum Gasteiger partial charge on any atom is -0.295 e. The number of hydrogen-bond acceptors (Lipinski definition) is 8. The summed E-state index contributed by atoms with van der Waals surface area (Å²) in [7, 11) is -3.51. The summed E-state index contributed by atoms with van der Waals surface area (Å²) < 4.78 is 29.5. The molecule has 1 aromatic carbocycles. The van der Waals surface area contributed by atoms with Crippen molar-refractivity contribution < 1.29 is 8.42 Å². The van der Waals surface area contributed by atoms with Crippen LogP contribution in [-0.4, -0.2) is 58.4 Å². The second-order valence-corrected chi connectivity index (χ2v) is 12.8. The quantitative estimate of drug-likeness (QED) is 0.396. The molecule has 4 aromatic rings. The van der Waals surface area contributed by atoms with Gasteiger partial charge in [0.15, 0.2) is 5.01 Å². The van der Waals surface area contributed by atoms with Crippen molar-refractivity contribution in [3.8, 4) is 9.88 Å². The standard InChI is InChI=1S/C24H25N5O3S3/c30-22-15-19(25-24-29(22)26-23(34-24)21-6-3-13-33-21)16-27-9-11-28(12-10-27)35(31,32)20-8-7-17-4-1-2-5-18(17)14-20/h3,6-8,13-15H,1-2,4-5,9-12,16H2. The molecule has 0 atom stereocenters. The number of piperazine rings is 1. The van der Waals surface area contributed by atoms with E-state index in [0.717, 1.165) is 29.1 Å². The lowest BCUT2D eigenvalue weighted by Crippen LogP contribution is -2.48. The van der Waals surface area contributed by atoms with Crippen molar-refractivity contribution >= 4 is 37.7 Å². The highest BCUT2D eigenvalue weighted by molar-refractivity contribution is 7.89. The summed E-state index contributed by atoms with van der Waals surface area (Å²) >= 11 is 2.98. The number of hydrogen-bond donors (Lipinski definition) is 0. The van der Waals surface area contributed by atoms with E-state index in [2.05, 4.69) is 15.0 Å². The zero-order chi connectivity index (χ0) is 24.0. The van der Waals surface area contributed by atoms with Crippen molar-refractivity contribution in [2.75, 3.05) is 26.2 Å². The fourth-order valence-corrected chi connectivity index (χ4v) is 8.00. The number of aromatic nitrogens is 3. The van der Waals surface area contributed by atoms with Crippen molar-refractivity contribution in [2.45, 2.75) is 37.1 Å². The first-order chi connectivity index (χ1) is 17.0. The average molecular weight is 528 g/mol. The predicted octanol–water partition coefficient (Wildman–Crippen LogP) is 3.26. The van der Waals surface area contributed by atoms with Crippen LogP contribution in [0.15, 0.2) is 51.5 Å². The number of sulfonamides is 1. The van der Waals surface area contributed by atoms with Gasteiger partial charge < -0.3 is 0 Å². The van der Waals surface area contributed by atoms with Gasteiger partial charge >= 0.3 is 0 Å². The zero-order valence-corrected chi connectivity index (χ0v) is 21.5. The van der Waals surface area contributed by atoms with Gasteiger partial charge in [0, 0.05) is 38.8 Å². The Morgan fingerprint density at radius 1 is 0.971 bits per heavy atom. The van der Waals surface area contributed by atoms with E-state index in [1.54, 1.807) is 21.7 Å². The lowest BCUT2D eigenvalue weighted by atomic mass is 9.92. The number of rotatable bonds is 5. The van der Waals surface area contributed by atoms with Crippen LogP contribution in [0.5, 0.6) is 0 Å². The molecular formula is C24H25N5O3S3. The Balaban J connectivity index is 1.15. The molecule has 6 rings (SSSR count). The molecule has 0 unspecified atom stereocenters. The summed E-state index contributed by atoms with van der Waals surface area (Å²) in [5, 5.41) is 7.18. The van der Waals surface area contributed by atoms with Crippen LogP contribution >= 0.6 is 22.7 Å². The average Bonchev–Trinajstić information content (AvgIpc) is 3.54. The highest BCUT2D eigenvalue weighted by Crippen LogP contribution is 2.29.